The maximum Gasteiger partial charge on any atom is 0.300 e. The third-order valence-electron chi connectivity index (χ3n) is 4.37. The quantitative estimate of drug-likeness (QED) is 0.353. The van der Waals surface area contributed by atoms with Crippen molar-refractivity contribution in [3.63, 3.8) is 0 Å². The molecule has 2 heterocycles. The van der Waals surface area contributed by atoms with Gasteiger partial charge in [-0.15, -0.1) is 0 Å². The van der Waals surface area contributed by atoms with Crippen molar-refractivity contribution in [2.75, 3.05) is 0 Å². The standard InChI is InChI=1S/C23H18N2O2.C2H4O2.Mn/c1-15-12-13-17(23(27)14-15)19-8-5-10-21(25-19)20-9-4-7-18(24-20)16-6-2-3-11-22(16)26;1-2(3)4;/h2-14,26-27H,1H3;1H3,(H,3,4);. The van der Waals surface area contributed by atoms with E-state index in [0.717, 1.165) is 12.5 Å². The average molecular weight is 469 g/mol. The summed E-state index contributed by atoms with van der Waals surface area (Å²) in [7, 11) is 0. The summed E-state index contributed by atoms with van der Waals surface area (Å²) in [6.07, 6.45) is 0. The zero-order valence-corrected chi connectivity index (χ0v) is 18.7. The Hall–Kier alpha value is -3.67. The predicted octanol–water partition coefficient (Wildman–Crippen LogP) is 5.29. The number of hydrogen-bond donors (Lipinski definition) is 3. The van der Waals surface area contributed by atoms with E-state index in [1.165, 1.54) is 0 Å². The summed E-state index contributed by atoms with van der Waals surface area (Å²) in [6, 6.07) is 23.9. The van der Waals surface area contributed by atoms with Crippen LogP contribution in [0.3, 0.4) is 0 Å². The number of carbonyl (C=O) groups is 1. The molecule has 4 rings (SSSR count). The molecule has 0 atom stereocenters. The molecule has 0 fully saturated rings. The van der Waals surface area contributed by atoms with E-state index in [1.54, 1.807) is 18.2 Å². The van der Waals surface area contributed by atoms with Gasteiger partial charge in [0.15, 0.2) is 0 Å². The van der Waals surface area contributed by atoms with E-state index in [0.29, 0.717) is 33.9 Å². The van der Waals surface area contributed by atoms with Crippen molar-refractivity contribution in [3.05, 3.63) is 84.4 Å². The minimum atomic E-state index is -0.833. The van der Waals surface area contributed by atoms with Gasteiger partial charge in [0.05, 0.1) is 22.8 Å². The molecular weight excluding hydrogens is 447 g/mol. The number of aliphatic carboxylic acids is 1. The smallest absolute Gasteiger partial charge is 0.300 e. The topological polar surface area (TPSA) is 104 Å². The van der Waals surface area contributed by atoms with Gasteiger partial charge < -0.3 is 15.3 Å². The second-order valence-electron chi connectivity index (χ2n) is 6.87. The molecule has 7 heteroatoms. The summed E-state index contributed by atoms with van der Waals surface area (Å²) in [5.41, 5.74) is 5.10. The van der Waals surface area contributed by atoms with Crippen molar-refractivity contribution in [1.29, 1.82) is 0 Å². The fraction of sp³-hybridized carbons (Fsp3) is 0.0800. The van der Waals surface area contributed by atoms with Crippen molar-refractivity contribution < 1.29 is 37.2 Å². The number of nitrogens with zero attached hydrogens (tertiary/aromatic N) is 2. The molecule has 0 aliphatic rings. The van der Waals surface area contributed by atoms with Crippen LogP contribution in [0.5, 0.6) is 11.5 Å². The molecule has 0 spiro atoms. The van der Waals surface area contributed by atoms with E-state index >= 15 is 0 Å². The molecule has 3 N–H and O–H groups in total. The monoisotopic (exact) mass is 469 g/mol. The van der Waals surface area contributed by atoms with E-state index in [-0.39, 0.29) is 28.6 Å². The van der Waals surface area contributed by atoms with Crippen LogP contribution in [-0.2, 0) is 21.9 Å². The summed E-state index contributed by atoms with van der Waals surface area (Å²) in [5, 5.41) is 27.8. The van der Waals surface area contributed by atoms with Crippen molar-refractivity contribution in [3.8, 4) is 45.4 Å². The van der Waals surface area contributed by atoms with Crippen LogP contribution in [0.4, 0.5) is 0 Å². The van der Waals surface area contributed by atoms with Gasteiger partial charge in [0, 0.05) is 35.1 Å². The van der Waals surface area contributed by atoms with E-state index < -0.39 is 5.97 Å². The van der Waals surface area contributed by atoms with Crippen LogP contribution in [0.25, 0.3) is 33.9 Å². The Balaban J connectivity index is 0.000000672. The second-order valence-corrected chi connectivity index (χ2v) is 6.87. The summed E-state index contributed by atoms with van der Waals surface area (Å²) < 4.78 is 0. The van der Waals surface area contributed by atoms with Crippen molar-refractivity contribution >= 4 is 5.97 Å². The Labute approximate surface area is 196 Å². The number of phenolic OH excluding ortho intramolecular Hbond substituents is 2. The molecule has 0 amide bonds. The van der Waals surface area contributed by atoms with Gasteiger partial charge >= 0.3 is 0 Å². The number of aryl methyl sites for hydroxylation is 1. The number of hydrogen-bond acceptors (Lipinski definition) is 5. The van der Waals surface area contributed by atoms with Crippen molar-refractivity contribution in [2.45, 2.75) is 13.8 Å². The minimum absolute atomic E-state index is 0. The van der Waals surface area contributed by atoms with Crippen LogP contribution in [-0.4, -0.2) is 31.3 Å². The number of phenols is 2. The molecule has 0 aliphatic heterocycles. The Kier molecular flexibility index (Phi) is 8.53. The Morgan fingerprint density at radius 3 is 1.66 bits per heavy atom. The van der Waals surface area contributed by atoms with Gasteiger partial charge in [0.2, 0.25) is 0 Å². The molecule has 163 valence electrons. The summed E-state index contributed by atoms with van der Waals surface area (Å²) >= 11 is 0. The molecular formula is C25H22MnN2O4. The molecule has 1 radical (unpaired) electrons. The summed E-state index contributed by atoms with van der Waals surface area (Å²) in [4.78, 5) is 18.3. The Morgan fingerprint density at radius 1 is 0.688 bits per heavy atom. The van der Waals surface area contributed by atoms with Gasteiger partial charge in [-0.3, -0.25) is 4.79 Å². The number of carboxylic acids is 1. The molecule has 0 unspecified atom stereocenters. The minimum Gasteiger partial charge on any atom is -0.507 e. The SMILES string of the molecule is CC(=O)O.Cc1ccc(-c2cccc(-c3cccc(-c4ccccc4O)n3)n2)c(O)c1.[Mn]. The number of pyridine rings is 2. The Bertz CT molecular complexity index is 1220. The van der Waals surface area contributed by atoms with Crippen LogP contribution in [0.2, 0.25) is 0 Å². The van der Waals surface area contributed by atoms with E-state index in [4.69, 9.17) is 9.90 Å². The third kappa shape index (κ3) is 6.17. The molecule has 0 saturated carbocycles. The van der Waals surface area contributed by atoms with E-state index in [2.05, 4.69) is 9.97 Å². The largest absolute Gasteiger partial charge is 0.507 e. The summed E-state index contributed by atoms with van der Waals surface area (Å²) in [6.45, 7) is 3.02. The second kappa shape index (κ2) is 11.1. The first-order chi connectivity index (χ1) is 14.8. The molecule has 0 aliphatic carbocycles. The van der Waals surface area contributed by atoms with Crippen LogP contribution in [0.15, 0.2) is 78.9 Å². The van der Waals surface area contributed by atoms with Gasteiger partial charge in [-0.05, 0) is 61.0 Å². The van der Waals surface area contributed by atoms with Crippen LogP contribution in [0.1, 0.15) is 12.5 Å². The van der Waals surface area contributed by atoms with Gasteiger partial charge in [-0.1, -0.05) is 30.3 Å². The van der Waals surface area contributed by atoms with Gasteiger partial charge in [0.1, 0.15) is 11.5 Å². The van der Waals surface area contributed by atoms with Gasteiger partial charge in [-0.2, -0.15) is 0 Å². The molecule has 6 nitrogen and oxygen atoms in total. The van der Waals surface area contributed by atoms with Gasteiger partial charge in [-0.25, -0.2) is 9.97 Å². The van der Waals surface area contributed by atoms with E-state index in [9.17, 15) is 10.2 Å². The molecule has 2 aromatic carbocycles. The maximum atomic E-state index is 10.2. The number of para-hydroxylation sites is 1. The van der Waals surface area contributed by atoms with Crippen molar-refractivity contribution in [1.82, 2.24) is 9.97 Å². The number of benzene rings is 2. The first kappa shape index (κ1) is 24.6. The maximum absolute atomic E-state index is 10.2. The molecule has 0 saturated heterocycles. The zero-order chi connectivity index (χ0) is 22.4. The number of aromatic hydroxyl groups is 2. The molecule has 0 bridgehead atoms. The normalized spacial score (nSPS) is 9.81. The van der Waals surface area contributed by atoms with Crippen LogP contribution in [0, 0.1) is 6.92 Å². The predicted molar refractivity (Wildman–Crippen MR) is 120 cm³/mol. The fourth-order valence-corrected chi connectivity index (χ4v) is 3.00. The van der Waals surface area contributed by atoms with Gasteiger partial charge in [0.25, 0.3) is 5.97 Å². The first-order valence-electron chi connectivity index (χ1n) is 9.57. The van der Waals surface area contributed by atoms with E-state index in [1.807, 2.05) is 67.6 Å². The number of aromatic nitrogens is 2. The average Bonchev–Trinajstić information content (AvgIpc) is 2.74. The molecule has 4 aromatic rings. The third-order valence-corrected chi connectivity index (χ3v) is 4.37. The van der Waals surface area contributed by atoms with Crippen LogP contribution >= 0.6 is 0 Å². The number of carboxylic acid groups (broad SMARTS) is 1. The Morgan fingerprint density at radius 2 is 1.16 bits per heavy atom. The molecule has 2 aromatic heterocycles. The molecule has 32 heavy (non-hydrogen) atoms. The zero-order valence-electron chi connectivity index (χ0n) is 17.5. The first-order valence-corrected chi connectivity index (χ1v) is 9.57. The fourth-order valence-electron chi connectivity index (χ4n) is 3.00. The van der Waals surface area contributed by atoms with Crippen molar-refractivity contribution in [2.24, 2.45) is 0 Å². The summed E-state index contributed by atoms with van der Waals surface area (Å²) in [5.74, 6) is -0.441. The van der Waals surface area contributed by atoms with Crippen LogP contribution < -0.4 is 0 Å². The number of rotatable bonds is 3.